The van der Waals surface area contributed by atoms with Crippen molar-refractivity contribution in [2.45, 2.75) is 0 Å². The lowest BCUT2D eigenvalue weighted by atomic mass is 10.4. The number of hydrogen-bond acceptors (Lipinski definition) is 1. The van der Waals surface area contributed by atoms with Gasteiger partial charge in [0.25, 0.3) is 0 Å². The van der Waals surface area contributed by atoms with Gasteiger partial charge in [0.15, 0.2) is 5.69 Å². The van der Waals surface area contributed by atoms with Crippen LogP contribution in [0.5, 0.6) is 0 Å². The standard InChI is InChI=1S/C7H6N2O.HI/c1-3-10-4-2-9-6-8-5-7(1)9;/h1-6H;1H. The van der Waals surface area contributed by atoms with Gasteiger partial charge in [-0.05, 0) is 0 Å². The summed E-state index contributed by atoms with van der Waals surface area (Å²) in [5, 5.41) is 0. The fraction of sp³-hybridized carbons (Fsp3) is 0. The first-order valence-electron chi connectivity index (χ1n) is 3.03. The van der Waals surface area contributed by atoms with Crippen LogP contribution in [0, 0.1) is 0 Å². The molecule has 1 aliphatic heterocycles. The number of hydrogen-bond donors (Lipinski definition) is 1. The molecule has 0 saturated heterocycles. The first-order valence-corrected chi connectivity index (χ1v) is 3.03. The van der Waals surface area contributed by atoms with Crippen molar-refractivity contribution in [3.8, 4) is 0 Å². The van der Waals surface area contributed by atoms with Crippen molar-refractivity contribution in [2.24, 2.45) is 0 Å². The molecule has 2 heterocycles. The van der Waals surface area contributed by atoms with E-state index in [1.165, 1.54) is 0 Å². The Morgan fingerprint density at radius 3 is 3.18 bits per heavy atom. The smallest absolute Gasteiger partial charge is 0.246 e. The largest absolute Gasteiger partial charge is 1.00 e. The van der Waals surface area contributed by atoms with E-state index in [2.05, 4.69) is 4.98 Å². The molecule has 0 unspecified atom stereocenters. The first kappa shape index (κ1) is 8.32. The molecule has 0 amide bonds. The van der Waals surface area contributed by atoms with E-state index in [1.54, 1.807) is 12.5 Å². The molecule has 58 valence electrons. The third kappa shape index (κ3) is 1.62. The van der Waals surface area contributed by atoms with Crippen LogP contribution in [0.1, 0.15) is 5.69 Å². The monoisotopic (exact) mass is 262 g/mol. The summed E-state index contributed by atoms with van der Waals surface area (Å²) in [6, 6.07) is 0. The second-order valence-electron chi connectivity index (χ2n) is 2.00. The van der Waals surface area contributed by atoms with Crippen LogP contribution in [0.25, 0.3) is 12.3 Å². The molecule has 0 bridgehead atoms. The number of imidazole rings is 1. The summed E-state index contributed by atoms with van der Waals surface area (Å²) in [7, 11) is 0. The highest BCUT2D eigenvalue weighted by Crippen LogP contribution is 1.97. The van der Waals surface area contributed by atoms with E-state index in [0.29, 0.717) is 0 Å². The molecule has 0 radical (unpaired) electrons. The lowest BCUT2D eigenvalue weighted by molar-refractivity contribution is -0.568. The van der Waals surface area contributed by atoms with E-state index in [-0.39, 0.29) is 24.0 Å². The number of nitrogens with one attached hydrogen (secondary N) is 1. The van der Waals surface area contributed by atoms with Crippen LogP contribution in [0.3, 0.4) is 0 Å². The Morgan fingerprint density at radius 2 is 2.27 bits per heavy atom. The maximum Gasteiger partial charge on any atom is 0.246 e. The zero-order chi connectivity index (χ0) is 6.81. The SMILES string of the molecule is C1=Cc2c[nH]c[n+]2C=CO1.[I-]. The van der Waals surface area contributed by atoms with Gasteiger partial charge in [-0.25, -0.2) is 4.98 Å². The van der Waals surface area contributed by atoms with E-state index >= 15 is 0 Å². The summed E-state index contributed by atoms with van der Waals surface area (Å²) in [6.07, 6.45) is 10.7. The normalized spacial score (nSPS) is 12.7. The average molecular weight is 262 g/mol. The van der Waals surface area contributed by atoms with E-state index < -0.39 is 0 Å². The maximum absolute atomic E-state index is 4.94. The van der Waals surface area contributed by atoms with Crippen LogP contribution in [-0.4, -0.2) is 4.98 Å². The molecule has 1 aromatic heterocycles. The Hall–Kier alpha value is -0.780. The van der Waals surface area contributed by atoms with Crippen LogP contribution in [0.2, 0.25) is 0 Å². The van der Waals surface area contributed by atoms with Gasteiger partial charge in [-0.15, -0.1) is 0 Å². The molecule has 11 heavy (non-hydrogen) atoms. The van der Waals surface area contributed by atoms with Gasteiger partial charge in [0.2, 0.25) is 6.33 Å². The zero-order valence-electron chi connectivity index (χ0n) is 5.70. The number of fused-ring (bicyclic) bond motifs is 1. The van der Waals surface area contributed by atoms with Crippen LogP contribution in [0.15, 0.2) is 25.0 Å². The van der Waals surface area contributed by atoms with Crippen LogP contribution >= 0.6 is 0 Å². The Labute approximate surface area is 81.4 Å². The molecule has 0 fully saturated rings. The summed E-state index contributed by atoms with van der Waals surface area (Å²) in [6.45, 7) is 0. The lowest BCUT2D eigenvalue weighted by Gasteiger charge is -1.80. The van der Waals surface area contributed by atoms with E-state index in [4.69, 9.17) is 4.74 Å². The van der Waals surface area contributed by atoms with E-state index in [1.807, 2.05) is 29.4 Å². The van der Waals surface area contributed by atoms with E-state index in [0.717, 1.165) is 5.69 Å². The third-order valence-corrected chi connectivity index (χ3v) is 1.36. The molecule has 4 heteroatoms. The minimum absolute atomic E-state index is 0. The maximum atomic E-state index is 4.94. The summed E-state index contributed by atoms with van der Waals surface area (Å²) in [4.78, 5) is 2.97. The Kier molecular flexibility index (Phi) is 2.70. The van der Waals surface area contributed by atoms with Crippen LogP contribution < -0.4 is 28.5 Å². The van der Waals surface area contributed by atoms with Crippen molar-refractivity contribution in [3.63, 3.8) is 0 Å². The summed E-state index contributed by atoms with van der Waals surface area (Å²) in [5.41, 5.74) is 1.08. The summed E-state index contributed by atoms with van der Waals surface area (Å²) >= 11 is 0. The zero-order valence-corrected chi connectivity index (χ0v) is 7.86. The van der Waals surface area contributed by atoms with E-state index in [9.17, 15) is 0 Å². The number of halogens is 1. The van der Waals surface area contributed by atoms with Crippen LogP contribution in [-0.2, 0) is 4.74 Å². The third-order valence-electron chi connectivity index (χ3n) is 1.36. The van der Waals surface area contributed by atoms with Gasteiger partial charge in [-0.1, -0.05) is 0 Å². The average Bonchev–Trinajstić information content (AvgIpc) is 2.28. The Balaban J connectivity index is 0.000000605. The molecule has 1 aliphatic rings. The Bertz CT molecular complexity index is 264. The molecule has 0 aromatic carbocycles. The number of aromatic nitrogens is 2. The van der Waals surface area contributed by atoms with Crippen molar-refractivity contribution in [2.75, 3.05) is 0 Å². The number of rotatable bonds is 0. The van der Waals surface area contributed by atoms with Gasteiger partial charge < -0.3 is 28.7 Å². The highest BCUT2D eigenvalue weighted by molar-refractivity contribution is 5.40. The molecule has 1 N–H and O–H groups in total. The van der Waals surface area contributed by atoms with Crippen molar-refractivity contribution in [1.82, 2.24) is 4.98 Å². The number of nitrogens with zero attached hydrogens (tertiary/aromatic N) is 1. The number of aromatic amines is 1. The quantitative estimate of drug-likeness (QED) is 0.415. The minimum atomic E-state index is 0. The predicted octanol–water partition coefficient (Wildman–Crippen LogP) is -2.26. The van der Waals surface area contributed by atoms with Crippen molar-refractivity contribution < 1.29 is 33.3 Å². The second-order valence-corrected chi connectivity index (χ2v) is 2.00. The molecule has 1 aromatic rings. The molecule has 3 nitrogen and oxygen atoms in total. The van der Waals surface area contributed by atoms with Gasteiger partial charge in [-0.2, -0.15) is 4.57 Å². The summed E-state index contributed by atoms with van der Waals surface area (Å²) in [5.74, 6) is 0. The first-order chi connectivity index (χ1) is 4.97. The highest BCUT2D eigenvalue weighted by Gasteiger charge is 2.03. The highest BCUT2D eigenvalue weighted by atomic mass is 127. The van der Waals surface area contributed by atoms with Gasteiger partial charge in [0.1, 0.15) is 18.7 Å². The van der Waals surface area contributed by atoms with Crippen LogP contribution in [0.4, 0.5) is 0 Å². The molecule has 0 spiro atoms. The van der Waals surface area contributed by atoms with Crippen molar-refractivity contribution in [1.29, 1.82) is 0 Å². The van der Waals surface area contributed by atoms with Gasteiger partial charge in [0.05, 0.1) is 6.26 Å². The fourth-order valence-electron chi connectivity index (χ4n) is 0.870. The van der Waals surface area contributed by atoms with Gasteiger partial charge in [0, 0.05) is 6.08 Å². The number of H-pyrrole nitrogens is 1. The number of ether oxygens (including phenoxy) is 1. The molecule has 0 atom stereocenters. The van der Waals surface area contributed by atoms with Gasteiger partial charge >= 0.3 is 0 Å². The lowest BCUT2D eigenvalue weighted by Crippen LogP contribution is -3.00. The predicted molar refractivity (Wildman–Crippen MR) is 36.4 cm³/mol. The molecular formula is C7H7IN2O. The van der Waals surface area contributed by atoms with Crippen molar-refractivity contribution >= 4 is 12.3 Å². The summed E-state index contributed by atoms with van der Waals surface area (Å²) < 4.78 is 6.87. The minimum Gasteiger partial charge on any atom is -1.00 e. The second kappa shape index (κ2) is 3.56. The topological polar surface area (TPSA) is 28.9 Å². The molecule has 2 rings (SSSR count). The Morgan fingerprint density at radius 1 is 1.36 bits per heavy atom. The van der Waals surface area contributed by atoms with Gasteiger partial charge in [-0.3, -0.25) is 0 Å². The molecule has 0 saturated carbocycles. The molecular weight excluding hydrogens is 255 g/mol. The van der Waals surface area contributed by atoms with Crippen molar-refractivity contribution in [3.05, 3.63) is 30.7 Å². The molecule has 0 aliphatic carbocycles. The fourth-order valence-corrected chi connectivity index (χ4v) is 0.870.